The van der Waals surface area contributed by atoms with Crippen LogP contribution in [0.2, 0.25) is 0 Å². The van der Waals surface area contributed by atoms with Crippen LogP contribution in [0, 0.1) is 6.92 Å². The summed E-state index contributed by atoms with van der Waals surface area (Å²) in [6, 6.07) is 17.2. The molecule has 0 aliphatic rings. The van der Waals surface area contributed by atoms with E-state index in [1.807, 2.05) is 13.0 Å². The number of allylic oxidation sites excluding steroid dienone is 1. The highest BCUT2D eigenvalue weighted by atomic mass is 16.5. The zero-order valence-electron chi connectivity index (χ0n) is 18.4. The third kappa shape index (κ3) is 5.16. The van der Waals surface area contributed by atoms with E-state index in [1.165, 1.54) is 13.2 Å². The third-order valence-corrected chi connectivity index (χ3v) is 4.76. The average Bonchev–Trinajstić information content (AvgIpc) is 2.83. The number of hydrogen-bond donors (Lipinski definition) is 0. The van der Waals surface area contributed by atoms with Crippen LogP contribution in [0.5, 0.6) is 23.0 Å². The topological polar surface area (TPSA) is 71.1 Å². The molecule has 3 aromatic rings. The number of carbonyl (C=O) groups excluding carboxylic acids is 2. The fourth-order valence-corrected chi connectivity index (χ4v) is 3.11. The van der Waals surface area contributed by atoms with Crippen LogP contribution in [0.4, 0.5) is 0 Å². The first-order valence-electron chi connectivity index (χ1n) is 9.87. The van der Waals surface area contributed by atoms with Crippen LogP contribution in [0.25, 0.3) is 6.08 Å². The number of rotatable bonds is 8. The Morgan fingerprint density at radius 2 is 1.41 bits per heavy atom. The Kier molecular flexibility index (Phi) is 7.29. The summed E-state index contributed by atoms with van der Waals surface area (Å²) in [7, 11) is 4.58. The summed E-state index contributed by atoms with van der Waals surface area (Å²) in [4.78, 5) is 25.7. The van der Waals surface area contributed by atoms with E-state index < -0.39 is 5.97 Å². The molecule has 0 saturated carbocycles. The van der Waals surface area contributed by atoms with E-state index in [1.54, 1.807) is 74.9 Å². The lowest BCUT2D eigenvalue weighted by Crippen LogP contribution is -2.12. The minimum absolute atomic E-state index is 0.175. The van der Waals surface area contributed by atoms with Gasteiger partial charge < -0.3 is 18.9 Å². The minimum Gasteiger partial charge on any atom is -0.496 e. The number of carbonyl (C=O) groups is 2. The molecule has 0 aromatic heterocycles. The summed E-state index contributed by atoms with van der Waals surface area (Å²) < 4.78 is 21.3. The van der Waals surface area contributed by atoms with E-state index in [0.717, 1.165) is 11.1 Å². The molecular weight excluding hydrogens is 408 g/mol. The molecule has 0 aliphatic carbocycles. The van der Waals surface area contributed by atoms with Gasteiger partial charge in [0.1, 0.15) is 17.1 Å². The molecule has 0 unspecified atom stereocenters. The molecule has 6 nitrogen and oxygen atoms in total. The molecule has 0 saturated heterocycles. The molecule has 0 spiro atoms. The van der Waals surface area contributed by atoms with Crippen LogP contribution < -0.4 is 18.9 Å². The molecule has 164 valence electrons. The Bertz CT molecular complexity index is 1160. The van der Waals surface area contributed by atoms with E-state index >= 15 is 0 Å². The van der Waals surface area contributed by atoms with E-state index in [-0.39, 0.29) is 22.7 Å². The van der Waals surface area contributed by atoms with Crippen LogP contribution in [0.1, 0.15) is 31.8 Å². The Morgan fingerprint density at radius 3 is 2.12 bits per heavy atom. The van der Waals surface area contributed by atoms with Gasteiger partial charge in [-0.25, -0.2) is 4.79 Å². The molecule has 0 N–H and O–H groups in total. The Balaban J connectivity index is 1.86. The van der Waals surface area contributed by atoms with E-state index in [2.05, 4.69) is 0 Å². The predicted molar refractivity (Wildman–Crippen MR) is 122 cm³/mol. The molecule has 32 heavy (non-hydrogen) atoms. The first kappa shape index (κ1) is 22.6. The number of methoxy groups -OCH3 is 3. The van der Waals surface area contributed by atoms with Gasteiger partial charge in [-0.15, -0.1) is 0 Å². The van der Waals surface area contributed by atoms with Crippen LogP contribution in [0.15, 0.2) is 66.7 Å². The fraction of sp³-hybridized carbons (Fsp3) is 0.154. The van der Waals surface area contributed by atoms with Gasteiger partial charge in [0.15, 0.2) is 17.3 Å². The highest BCUT2D eigenvalue weighted by Crippen LogP contribution is 2.29. The van der Waals surface area contributed by atoms with Gasteiger partial charge in [0.2, 0.25) is 0 Å². The van der Waals surface area contributed by atoms with Crippen molar-refractivity contribution in [1.29, 1.82) is 0 Å². The van der Waals surface area contributed by atoms with Gasteiger partial charge in [0.05, 0.1) is 26.9 Å². The van der Waals surface area contributed by atoms with Crippen molar-refractivity contribution in [2.75, 3.05) is 21.3 Å². The van der Waals surface area contributed by atoms with Gasteiger partial charge in [0.25, 0.3) is 0 Å². The SMILES string of the molecule is COc1ccc(C=CC(=O)c2cc(C)ccc2OC(=O)c2ccccc2OC)cc1OC. The van der Waals surface area contributed by atoms with Gasteiger partial charge in [-0.1, -0.05) is 35.9 Å². The summed E-state index contributed by atoms with van der Waals surface area (Å²) in [6.07, 6.45) is 3.09. The van der Waals surface area contributed by atoms with Crippen LogP contribution in [0.3, 0.4) is 0 Å². The predicted octanol–water partition coefficient (Wildman–Crippen LogP) is 5.14. The number of ketones is 1. The van der Waals surface area contributed by atoms with Crippen molar-refractivity contribution in [1.82, 2.24) is 0 Å². The molecule has 0 aliphatic heterocycles. The van der Waals surface area contributed by atoms with Crippen LogP contribution >= 0.6 is 0 Å². The maximum atomic E-state index is 13.0. The second-order valence-electron chi connectivity index (χ2n) is 6.90. The second-order valence-corrected chi connectivity index (χ2v) is 6.90. The minimum atomic E-state index is -0.607. The number of benzene rings is 3. The summed E-state index contributed by atoms with van der Waals surface area (Å²) >= 11 is 0. The standard InChI is InChI=1S/C26H24O6/c1-17-9-13-23(32-26(28)19-7-5-6-8-22(19)29-2)20(15-17)21(27)12-10-18-11-14-24(30-3)25(16-18)31-4/h5-16H,1-4H3. The molecule has 3 aromatic carbocycles. The van der Waals surface area contributed by atoms with Crippen molar-refractivity contribution in [3.05, 3.63) is 89.0 Å². The third-order valence-electron chi connectivity index (χ3n) is 4.76. The molecule has 6 heteroatoms. The first-order valence-corrected chi connectivity index (χ1v) is 9.87. The monoisotopic (exact) mass is 432 g/mol. The molecule has 0 fully saturated rings. The molecule has 0 heterocycles. The molecular formula is C26H24O6. The number of ether oxygens (including phenoxy) is 4. The van der Waals surface area contributed by atoms with Gasteiger partial charge in [-0.05, 0) is 55.0 Å². The van der Waals surface area contributed by atoms with Crippen molar-refractivity contribution in [2.24, 2.45) is 0 Å². The fourth-order valence-electron chi connectivity index (χ4n) is 3.11. The lowest BCUT2D eigenvalue weighted by atomic mass is 10.0. The number of aryl methyl sites for hydroxylation is 1. The van der Waals surface area contributed by atoms with Crippen molar-refractivity contribution < 1.29 is 28.5 Å². The van der Waals surface area contributed by atoms with Gasteiger partial charge in [-0.3, -0.25) is 4.79 Å². The van der Waals surface area contributed by atoms with Gasteiger partial charge in [0, 0.05) is 0 Å². The van der Waals surface area contributed by atoms with E-state index in [4.69, 9.17) is 18.9 Å². The summed E-state index contributed by atoms with van der Waals surface area (Å²) in [5.41, 5.74) is 2.18. The van der Waals surface area contributed by atoms with Crippen molar-refractivity contribution >= 4 is 17.8 Å². The summed E-state index contributed by atoms with van der Waals surface area (Å²) in [5, 5.41) is 0. The molecule has 0 atom stereocenters. The zero-order chi connectivity index (χ0) is 23.1. The van der Waals surface area contributed by atoms with Crippen molar-refractivity contribution in [3.8, 4) is 23.0 Å². The maximum absolute atomic E-state index is 13.0. The number of hydrogen-bond acceptors (Lipinski definition) is 6. The highest BCUT2D eigenvalue weighted by Gasteiger charge is 2.18. The molecule has 3 rings (SSSR count). The number of para-hydroxylation sites is 1. The Morgan fingerprint density at radius 1 is 0.719 bits per heavy atom. The van der Waals surface area contributed by atoms with Crippen molar-refractivity contribution in [2.45, 2.75) is 6.92 Å². The number of esters is 1. The van der Waals surface area contributed by atoms with E-state index in [0.29, 0.717) is 17.2 Å². The maximum Gasteiger partial charge on any atom is 0.347 e. The largest absolute Gasteiger partial charge is 0.496 e. The first-order chi connectivity index (χ1) is 15.5. The van der Waals surface area contributed by atoms with Gasteiger partial charge in [-0.2, -0.15) is 0 Å². The highest BCUT2D eigenvalue weighted by molar-refractivity contribution is 6.09. The van der Waals surface area contributed by atoms with E-state index in [9.17, 15) is 9.59 Å². The molecule has 0 radical (unpaired) electrons. The van der Waals surface area contributed by atoms with Crippen LogP contribution in [-0.2, 0) is 0 Å². The lowest BCUT2D eigenvalue weighted by molar-refractivity contribution is 0.0729. The molecule has 0 amide bonds. The quantitative estimate of drug-likeness (QED) is 0.213. The lowest BCUT2D eigenvalue weighted by Gasteiger charge is -2.11. The molecule has 0 bridgehead atoms. The average molecular weight is 432 g/mol. The Hall–Kier alpha value is -4.06. The van der Waals surface area contributed by atoms with Gasteiger partial charge >= 0.3 is 5.97 Å². The van der Waals surface area contributed by atoms with Crippen molar-refractivity contribution in [3.63, 3.8) is 0 Å². The second kappa shape index (κ2) is 10.3. The Labute approximate surface area is 187 Å². The smallest absolute Gasteiger partial charge is 0.347 e. The zero-order valence-corrected chi connectivity index (χ0v) is 18.4. The summed E-state index contributed by atoms with van der Waals surface area (Å²) in [5.74, 6) is 0.819. The normalized spacial score (nSPS) is 10.6. The summed E-state index contributed by atoms with van der Waals surface area (Å²) in [6.45, 7) is 1.86. The van der Waals surface area contributed by atoms with Crippen LogP contribution in [-0.4, -0.2) is 33.1 Å².